The Morgan fingerprint density at radius 3 is 2.50 bits per heavy atom. The number of halogens is 3. The van der Waals surface area contributed by atoms with Crippen molar-refractivity contribution in [3.63, 3.8) is 0 Å². The first-order chi connectivity index (χ1) is 24.0. The molecule has 50 heavy (non-hydrogen) atoms. The Balaban J connectivity index is 1.40. The summed E-state index contributed by atoms with van der Waals surface area (Å²) in [5, 5.41) is 10.3. The lowest BCUT2D eigenvalue weighted by Crippen LogP contribution is -2.55. The van der Waals surface area contributed by atoms with Gasteiger partial charge in [-0.25, -0.2) is 14.6 Å². The number of likely N-dealkylation sites (N-methyl/N-ethyl adjacent to an activating group) is 1. The van der Waals surface area contributed by atoms with Crippen molar-refractivity contribution in [1.82, 2.24) is 30.0 Å². The number of morpholine rings is 1. The number of aryl methyl sites for hydroxylation is 1. The lowest BCUT2D eigenvalue weighted by atomic mass is 9.81. The Labute approximate surface area is 286 Å². The van der Waals surface area contributed by atoms with E-state index in [1.54, 1.807) is 42.8 Å². The molecule has 2 aromatic carbocycles. The van der Waals surface area contributed by atoms with Gasteiger partial charge < -0.3 is 15.4 Å². The Hall–Kier alpha value is -5.41. The largest absolute Gasteiger partial charge is 0.433 e. The SMILES string of the molecule is C=C(CN1CCOCC1)C(=O)Nc1cccc([C@H]2c3c(C)nn(-c4ccccc4)c3N(CC)C(=O)[C@@H]2NC(=O)c2nccc(C(F)(F)F)n2)c1. The second kappa shape index (κ2) is 14.2. The summed E-state index contributed by atoms with van der Waals surface area (Å²) in [7, 11) is 0. The van der Waals surface area contributed by atoms with Gasteiger partial charge in [0.15, 0.2) is 0 Å². The lowest BCUT2D eigenvalue weighted by molar-refractivity contribution is -0.141. The summed E-state index contributed by atoms with van der Waals surface area (Å²) < 4.78 is 47.4. The van der Waals surface area contributed by atoms with E-state index in [4.69, 9.17) is 9.84 Å². The van der Waals surface area contributed by atoms with Crippen LogP contribution in [0, 0.1) is 6.92 Å². The molecule has 0 unspecified atom stereocenters. The van der Waals surface area contributed by atoms with Gasteiger partial charge in [-0.1, -0.05) is 36.9 Å². The third kappa shape index (κ3) is 7.00. The average Bonchev–Trinajstić information content (AvgIpc) is 3.45. The van der Waals surface area contributed by atoms with Gasteiger partial charge in [0, 0.05) is 55.1 Å². The zero-order valence-electron chi connectivity index (χ0n) is 27.4. The molecule has 0 spiro atoms. The fourth-order valence-electron chi connectivity index (χ4n) is 6.25. The highest BCUT2D eigenvalue weighted by atomic mass is 19.4. The molecule has 2 aliphatic heterocycles. The van der Waals surface area contributed by atoms with Crippen molar-refractivity contribution in [3.8, 4) is 5.69 Å². The van der Waals surface area contributed by atoms with Crippen molar-refractivity contribution >= 4 is 29.2 Å². The van der Waals surface area contributed by atoms with Crippen molar-refractivity contribution in [2.24, 2.45) is 0 Å². The molecule has 12 nitrogen and oxygen atoms in total. The predicted molar refractivity (Wildman–Crippen MR) is 178 cm³/mol. The molecule has 260 valence electrons. The number of hydrogen-bond donors (Lipinski definition) is 2. The molecular weight excluding hydrogens is 653 g/mol. The molecule has 0 radical (unpaired) electrons. The molecular formula is C35H35F3N8O4. The fourth-order valence-corrected chi connectivity index (χ4v) is 6.25. The van der Waals surface area contributed by atoms with Gasteiger partial charge in [0.25, 0.3) is 17.7 Å². The number of nitrogens with one attached hydrogen (secondary N) is 2. The van der Waals surface area contributed by atoms with E-state index in [0.717, 1.165) is 6.20 Å². The molecule has 2 aromatic heterocycles. The summed E-state index contributed by atoms with van der Waals surface area (Å²) in [5.41, 5.74) is 1.90. The zero-order valence-corrected chi connectivity index (χ0v) is 27.4. The van der Waals surface area contributed by atoms with Gasteiger partial charge in [0.2, 0.25) is 5.82 Å². The van der Waals surface area contributed by atoms with E-state index in [9.17, 15) is 27.6 Å². The van der Waals surface area contributed by atoms with Gasteiger partial charge in [-0.05, 0) is 49.7 Å². The second-order valence-corrected chi connectivity index (χ2v) is 11.9. The average molecular weight is 689 g/mol. The first kappa shape index (κ1) is 34.5. The number of hydrogen-bond acceptors (Lipinski definition) is 8. The van der Waals surface area contributed by atoms with E-state index < -0.39 is 41.5 Å². The van der Waals surface area contributed by atoms with Crippen LogP contribution in [0.2, 0.25) is 0 Å². The number of anilines is 2. The Bertz CT molecular complexity index is 1920. The maximum atomic E-state index is 14.4. The summed E-state index contributed by atoms with van der Waals surface area (Å²) in [5.74, 6) is -3.09. The van der Waals surface area contributed by atoms with E-state index in [-0.39, 0.29) is 12.5 Å². The third-order valence-corrected chi connectivity index (χ3v) is 8.61. The number of nitrogens with zero attached hydrogens (tertiary/aromatic N) is 6. The maximum absolute atomic E-state index is 14.4. The summed E-state index contributed by atoms with van der Waals surface area (Å²) in [6, 6.07) is 15.4. The van der Waals surface area contributed by atoms with Crippen LogP contribution in [0.25, 0.3) is 5.69 Å². The van der Waals surface area contributed by atoms with Gasteiger partial charge in [0.1, 0.15) is 17.6 Å². The van der Waals surface area contributed by atoms with Crippen LogP contribution in [-0.4, -0.2) is 87.8 Å². The van der Waals surface area contributed by atoms with Crippen molar-refractivity contribution in [2.45, 2.75) is 32.0 Å². The normalized spacial score (nSPS) is 18.0. The monoisotopic (exact) mass is 688 g/mol. The van der Waals surface area contributed by atoms with Crippen LogP contribution in [0.1, 0.15) is 46.0 Å². The number of carbonyl (C=O) groups excluding carboxylic acids is 3. The molecule has 3 amide bonds. The van der Waals surface area contributed by atoms with E-state index in [2.05, 4.69) is 32.1 Å². The van der Waals surface area contributed by atoms with Gasteiger partial charge >= 0.3 is 6.18 Å². The highest BCUT2D eigenvalue weighted by molar-refractivity contribution is 6.05. The van der Waals surface area contributed by atoms with Gasteiger partial charge in [-0.15, -0.1) is 0 Å². The number of carbonyl (C=O) groups is 3. The number of fused-ring (bicyclic) bond motifs is 1. The minimum Gasteiger partial charge on any atom is -0.379 e. The van der Waals surface area contributed by atoms with Crippen LogP contribution < -0.4 is 15.5 Å². The summed E-state index contributed by atoms with van der Waals surface area (Å²) in [6.45, 7) is 10.6. The Morgan fingerprint density at radius 2 is 1.80 bits per heavy atom. The minimum absolute atomic E-state index is 0.199. The maximum Gasteiger partial charge on any atom is 0.433 e. The van der Waals surface area contributed by atoms with Gasteiger partial charge in [0.05, 0.1) is 24.6 Å². The number of ether oxygens (including phenoxy) is 1. The Morgan fingerprint density at radius 1 is 1.06 bits per heavy atom. The van der Waals surface area contributed by atoms with Crippen LogP contribution in [0.3, 0.4) is 0 Å². The van der Waals surface area contributed by atoms with E-state index in [1.807, 2.05) is 30.3 Å². The molecule has 15 heteroatoms. The highest BCUT2D eigenvalue weighted by Crippen LogP contribution is 2.44. The van der Waals surface area contributed by atoms with Crippen molar-refractivity contribution in [3.05, 3.63) is 107 Å². The Kier molecular flexibility index (Phi) is 9.79. The number of rotatable bonds is 9. The lowest BCUT2D eigenvalue weighted by Gasteiger charge is -2.38. The van der Waals surface area contributed by atoms with Crippen molar-refractivity contribution < 1.29 is 32.3 Å². The molecule has 0 saturated carbocycles. The van der Waals surface area contributed by atoms with Gasteiger partial charge in [-0.2, -0.15) is 18.3 Å². The van der Waals surface area contributed by atoms with Gasteiger partial charge in [-0.3, -0.25) is 24.2 Å². The quantitative estimate of drug-likeness (QED) is 0.251. The molecule has 2 N–H and O–H groups in total. The van der Waals surface area contributed by atoms with Crippen LogP contribution in [-0.2, 0) is 20.5 Å². The molecule has 1 saturated heterocycles. The molecule has 4 heterocycles. The first-order valence-electron chi connectivity index (χ1n) is 16.0. The predicted octanol–water partition coefficient (Wildman–Crippen LogP) is 4.11. The molecule has 2 atom stereocenters. The number of alkyl halides is 3. The van der Waals surface area contributed by atoms with Crippen LogP contribution in [0.15, 0.2) is 79.0 Å². The molecule has 0 bridgehead atoms. The summed E-state index contributed by atoms with van der Waals surface area (Å²) in [4.78, 5) is 51.8. The molecule has 2 aliphatic rings. The van der Waals surface area contributed by atoms with E-state index in [1.165, 1.54) is 4.90 Å². The minimum atomic E-state index is -4.81. The van der Waals surface area contributed by atoms with Crippen molar-refractivity contribution in [1.29, 1.82) is 0 Å². The molecule has 1 fully saturated rings. The number of benzene rings is 2. The standard InChI is InChI=1S/C35H35F3N8O4/c1-4-45-33-27(22(3)43-46(33)25-11-6-5-7-12-25)28(29(34(45)49)42-32(48)30-39-14-13-26(41-30)35(36,37)38)23-9-8-10-24(19-23)40-31(47)21(2)20-44-15-17-50-18-16-44/h5-14,19,28-29H,2,4,15-18,20H2,1,3H3,(H,40,47)(H,42,48)/t28-,29+/m0/s1. The van der Waals surface area contributed by atoms with E-state index in [0.29, 0.717) is 78.5 Å². The first-order valence-corrected chi connectivity index (χ1v) is 16.0. The number of aromatic nitrogens is 4. The van der Waals surface area contributed by atoms with Crippen molar-refractivity contribution in [2.75, 3.05) is 49.6 Å². The smallest absolute Gasteiger partial charge is 0.379 e. The molecule has 4 aromatic rings. The van der Waals surface area contributed by atoms with Crippen LogP contribution >= 0.6 is 0 Å². The molecule has 0 aliphatic carbocycles. The molecule has 6 rings (SSSR count). The zero-order chi connectivity index (χ0) is 35.6. The number of amides is 3. The highest BCUT2D eigenvalue weighted by Gasteiger charge is 2.46. The summed E-state index contributed by atoms with van der Waals surface area (Å²) in [6.07, 6.45) is -3.97. The fraction of sp³-hybridized carbons (Fsp3) is 0.314. The topological polar surface area (TPSA) is 135 Å². The third-order valence-electron chi connectivity index (χ3n) is 8.61. The van der Waals surface area contributed by atoms with Crippen LogP contribution in [0.5, 0.6) is 0 Å². The summed E-state index contributed by atoms with van der Waals surface area (Å²) >= 11 is 0. The van der Waals surface area contributed by atoms with E-state index >= 15 is 0 Å². The second-order valence-electron chi connectivity index (χ2n) is 11.9. The van der Waals surface area contributed by atoms with Crippen LogP contribution in [0.4, 0.5) is 24.7 Å². The number of para-hydroxylation sites is 1.